The Balaban J connectivity index is 1.61. The molecule has 0 aromatic carbocycles. The topological polar surface area (TPSA) is 70.6 Å². The van der Waals surface area contributed by atoms with Gasteiger partial charge in [-0.3, -0.25) is 0 Å². The minimum atomic E-state index is -0.459. The molecule has 2 fully saturated rings. The molecule has 1 N–H and O–H groups in total. The van der Waals surface area contributed by atoms with Gasteiger partial charge in [0.25, 0.3) is 0 Å². The van der Waals surface area contributed by atoms with Crippen LogP contribution in [0.4, 0.5) is 15.1 Å². The van der Waals surface area contributed by atoms with Crippen LogP contribution in [0.2, 0.25) is 0 Å². The van der Waals surface area contributed by atoms with E-state index in [0.717, 1.165) is 38.2 Å². The zero-order chi connectivity index (χ0) is 16.4. The highest BCUT2D eigenvalue weighted by atomic mass is 19.1. The smallest absolute Gasteiger partial charge is 0.319 e. The number of carbonyl (C=O) groups excluding carboxylic acids is 1. The van der Waals surface area contributed by atoms with Crippen molar-refractivity contribution in [3.05, 3.63) is 18.2 Å². The molecule has 8 heteroatoms. The van der Waals surface area contributed by atoms with Gasteiger partial charge < -0.3 is 19.9 Å². The Labute approximate surface area is 134 Å². The van der Waals surface area contributed by atoms with Gasteiger partial charge in [0.1, 0.15) is 0 Å². The van der Waals surface area contributed by atoms with Crippen molar-refractivity contribution < 1.29 is 13.9 Å². The first-order valence-electron chi connectivity index (χ1n) is 7.82. The summed E-state index contributed by atoms with van der Waals surface area (Å²) in [5.41, 5.74) is -0.304. The summed E-state index contributed by atoms with van der Waals surface area (Å²) in [7, 11) is 3.52. The molecule has 0 unspecified atom stereocenters. The van der Waals surface area contributed by atoms with Gasteiger partial charge in [-0.15, -0.1) is 0 Å². The predicted octanol–water partition coefficient (Wildman–Crippen LogP) is 1.33. The number of hydrogen-bond donors (Lipinski definition) is 1. The number of halogens is 1. The van der Waals surface area contributed by atoms with Crippen LogP contribution in [0.25, 0.3) is 0 Å². The minimum Gasteiger partial charge on any atom is -0.371 e. The van der Waals surface area contributed by atoms with E-state index in [0.29, 0.717) is 19.1 Å². The van der Waals surface area contributed by atoms with Gasteiger partial charge >= 0.3 is 6.03 Å². The molecule has 2 amide bonds. The van der Waals surface area contributed by atoms with Crippen LogP contribution in [0.1, 0.15) is 19.3 Å². The van der Waals surface area contributed by atoms with E-state index >= 15 is 0 Å². The molecule has 126 valence electrons. The van der Waals surface area contributed by atoms with E-state index in [1.54, 1.807) is 19.0 Å². The molecule has 7 nitrogen and oxygen atoms in total. The number of amides is 2. The number of ether oxygens (including phenoxy) is 1. The normalized spacial score (nSPS) is 27.3. The zero-order valence-corrected chi connectivity index (χ0v) is 13.5. The van der Waals surface area contributed by atoms with E-state index in [4.69, 9.17) is 4.74 Å². The maximum Gasteiger partial charge on any atom is 0.319 e. The molecule has 23 heavy (non-hydrogen) atoms. The van der Waals surface area contributed by atoms with Crippen LogP contribution in [0.3, 0.4) is 0 Å². The van der Waals surface area contributed by atoms with Crippen LogP contribution < -0.4 is 5.32 Å². The fraction of sp³-hybridized carbons (Fsp3) is 0.667. The molecule has 0 bridgehead atoms. The summed E-state index contributed by atoms with van der Waals surface area (Å²) in [4.78, 5) is 23.4. The average Bonchev–Trinajstić information content (AvgIpc) is 2.91. The molecule has 3 rings (SSSR count). The second-order valence-electron chi connectivity index (χ2n) is 6.47. The largest absolute Gasteiger partial charge is 0.371 e. The first kappa shape index (κ1) is 15.9. The first-order chi connectivity index (χ1) is 11.0. The van der Waals surface area contributed by atoms with Crippen molar-refractivity contribution in [2.75, 3.05) is 39.1 Å². The number of likely N-dealkylation sites (tertiary alicyclic amines) is 1. The third kappa shape index (κ3) is 3.52. The van der Waals surface area contributed by atoms with E-state index < -0.39 is 5.82 Å². The third-order valence-corrected chi connectivity index (χ3v) is 4.36. The van der Waals surface area contributed by atoms with Gasteiger partial charge in [-0.1, -0.05) is 0 Å². The SMILES string of the molecule is CN(C)C(=O)N1CCC[C@@]2(C[C@H](Nc3ncc(F)cn3)CO2)C1. The first-order valence-corrected chi connectivity index (χ1v) is 7.82. The summed E-state index contributed by atoms with van der Waals surface area (Å²) in [5.74, 6) is -0.0612. The average molecular weight is 323 g/mol. The summed E-state index contributed by atoms with van der Waals surface area (Å²) >= 11 is 0. The summed E-state index contributed by atoms with van der Waals surface area (Å²) in [6.07, 6.45) is 4.93. The molecule has 1 spiro atoms. The van der Waals surface area contributed by atoms with Crippen LogP contribution >= 0.6 is 0 Å². The monoisotopic (exact) mass is 323 g/mol. The molecule has 2 aliphatic rings. The fourth-order valence-electron chi connectivity index (χ4n) is 3.33. The van der Waals surface area contributed by atoms with E-state index in [2.05, 4.69) is 15.3 Å². The number of nitrogens with one attached hydrogen (secondary N) is 1. The maximum absolute atomic E-state index is 12.9. The Morgan fingerprint density at radius 2 is 2.22 bits per heavy atom. The van der Waals surface area contributed by atoms with Crippen LogP contribution in [-0.4, -0.2) is 71.2 Å². The van der Waals surface area contributed by atoms with Crippen LogP contribution in [0.15, 0.2) is 12.4 Å². The number of aromatic nitrogens is 2. The second-order valence-corrected chi connectivity index (χ2v) is 6.47. The van der Waals surface area contributed by atoms with Gasteiger partial charge in [0.05, 0.1) is 37.2 Å². The Kier molecular flexibility index (Phi) is 4.34. The Morgan fingerprint density at radius 3 is 2.91 bits per heavy atom. The Hall–Kier alpha value is -1.96. The molecular weight excluding hydrogens is 301 g/mol. The van der Waals surface area contributed by atoms with Gasteiger partial charge in [-0.05, 0) is 12.8 Å². The van der Waals surface area contributed by atoms with E-state index in [1.807, 2.05) is 4.90 Å². The number of rotatable bonds is 2. The molecular formula is C15H22FN5O2. The fourth-order valence-corrected chi connectivity index (χ4v) is 3.33. The van der Waals surface area contributed by atoms with Crippen LogP contribution in [0.5, 0.6) is 0 Å². The number of urea groups is 1. The van der Waals surface area contributed by atoms with Gasteiger partial charge in [0.15, 0.2) is 5.82 Å². The minimum absolute atomic E-state index is 0.0194. The molecule has 2 atom stereocenters. The lowest BCUT2D eigenvalue weighted by Crippen LogP contribution is -2.52. The summed E-state index contributed by atoms with van der Waals surface area (Å²) in [5, 5.41) is 3.18. The van der Waals surface area contributed by atoms with Crippen molar-refractivity contribution in [1.29, 1.82) is 0 Å². The van der Waals surface area contributed by atoms with Gasteiger partial charge in [-0.25, -0.2) is 19.2 Å². The highest BCUT2D eigenvalue weighted by molar-refractivity contribution is 5.74. The van der Waals surface area contributed by atoms with Gasteiger partial charge in [0.2, 0.25) is 5.95 Å². The summed E-state index contributed by atoms with van der Waals surface area (Å²) in [6, 6.07) is 0.0841. The molecule has 2 saturated heterocycles. The summed E-state index contributed by atoms with van der Waals surface area (Å²) in [6.45, 7) is 1.90. The highest BCUT2D eigenvalue weighted by Crippen LogP contribution is 2.35. The number of piperidine rings is 1. The van der Waals surface area contributed by atoms with E-state index in [9.17, 15) is 9.18 Å². The Morgan fingerprint density at radius 1 is 1.48 bits per heavy atom. The third-order valence-electron chi connectivity index (χ3n) is 4.36. The lowest BCUT2D eigenvalue weighted by atomic mass is 9.89. The number of carbonyl (C=O) groups is 1. The van der Waals surface area contributed by atoms with Crippen molar-refractivity contribution in [3.63, 3.8) is 0 Å². The maximum atomic E-state index is 12.9. The molecule has 0 saturated carbocycles. The Bertz CT molecular complexity index is 567. The highest BCUT2D eigenvalue weighted by Gasteiger charge is 2.44. The molecule has 0 aliphatic carbocycles. The molecule has 1 aromatic heterocycles. The van der Waals surface area contributed by atoms with Crippen molar-refractivity contribution in [2.24, 2.45) is 0 Å². The number of anilines is 1. The molecule has 3 heterocycles. The molecule has 2 aliphatic heterocycles. The van der Waals surface area contributed by atoms with Crippen molar-refractivity contribution in [3.8, 4) is 0 Å². The predicted molar refractivity (Wildman–Crippen MR) is 82.6 cm³/mol. The number of hydrogen-bond acceptors (Lipinski definition) is 5. The quantitative estimate of drug-likeness (QED) is 0.889. The summed E-state index contributed by atoms with van der Waals surface area (Å²) < 4.78 is 18.9. The van der Waals surface area contributed by atoms with Crippen LogP contribution in [-0.2, 0) is 4.74 Å². The molecule has 0 radical (unpaired) electrons. The van der Waals surface area contributed by atoms with Crippen molar-refractivity contribution >= 4 is 12.0 Å². The van der Waals surface area contributed by atoms with Gasteiger partial charge in [0, 0.05) is 27.1 Å². The van der Waals surface area contributed by atoms with Crippen molar-refractivity contribution in [1.82, 2.24) is 19.8 Å². The molecule has 1 aromatic rings. The van der Waals surface area contributed by atoms with E-state index in [-0.39, 0.29) is 17.7 Å². The lowest BCUT2D eigenvalue weighted by Gasteiger charge is -2.40. The second kappa shape index (κ2) is 6.27. The van der Waals surface area contributed by atoms with Crippen molar-refractivity contribution in [2.45, 2.75) is 30.9 Å². The standard InChI is InChI=1S/C15H22FN5O2/c1-20(2)14(22)21-5-3-4-15(10-21)6-12(9-23-15)19-13-17-7-11(16)8-18-13/h7-8,12H,3-6,9-10H2,1-2H3,(H,17,18,19)/t12-,15+/m0/s1. The van der Waals surface area contributed by atoms with Crippen LogP contribution in [0, 0.1) is 5.82 Å². The number of nitrogens with zero attached hydrogens (tertiary/aromatic N) is 4. The lowest BCUT2D eigenvalue weighted by molar-refractivity contribution is -0.0430. The zero-order valence-electron chi connectivity index (χ0n) is 13.5. The van der Waals surface area contributed by atoms with Gasteiger partial charge in [-0.2, -0.15) is 0 Å². The van der Waals surface area contributed by atoms with E-state index in [1.165, 1.54) is 0 Å².